The number of nitrogens with one attached hydrogen (secondary N) is 1. The van der Waals surface area contributed by atoms with Crippen molar-refractivity contribution in [2.45, 2.75) is 0 Å². The number of H-pyrrole nitrogens is 1. The normalized spacial score (nSPS) is 11.5. The lowest BCUT2D eigenvalue weighted by atomic mass is 9.99. The molecule has 0 amide bonds. The average Bonchev–Trinajstić information content (AvgIpc) is 2.86. The van der Waals surface area contributed by atoms with Crippen molar-refractivity contribution >= 4 is 32.4 Å². The molecule has 0 atom stereocenters. The SMILES string of the molecule is c1ccc2c(c1)ccc1ccc3n[nH]cc3c12. The van der Waals surface area contributed by atoms with Gasteiger partial charge in [0, 0.05) is 17.0 Å². The fourth-order valence-corrected chi connectivity index (χ4v) is 2.52. The third-order valence-electron chi connectivity index (χ3n) is 3.32. The number of nitrogens with zero attached hydrogens (tertiary/aromatic N) is 1. The summed E-state index contributed by atoms with van der Waals surface area (Å²) in [6.45, 7) is 0. The van der Waals surface area contributed by atoms with Crippen molar-refractivity contribution in [2.75, 3.05) is 0 Å². The van der Waals surface area contributed by atoms with Crippen LogP contribution in [-0.2, 0) is 0 Å². The first-order valence-corrected chi connectivity index (χ1v) is 5.67. The Bertz CT molecular complexity index is 843. The summed E-state index contributed by atoms with van der Waals surface area (Å²) >= 11 is 0. The van der Waals surface area contributed by atoms with E-state index in [0.717, 1.165) is 5.52 Å². The van der Waals surface area contributed by atoms with Crippen LogP contribution >= 0.6 is 0 Å². The van der Waals surface area contributed by atoms with Crippen LogP contribution in [0.3, 0.4) is 0 Å². The summed E-state index contributed by atoms with van der Waals surface area (Å²) in [7, 11) is 0. The molecule has 1 aromatic heterocycles. The third-order valence-corrected chi connectivity index (χ3v) is 3.32. The van der Waals surface area contributed by atoms with Gasteiger partial charge in [-0.15, -0.1) is 0 Å². The summed E-state index contributed by atoms with van der Waals surface area (Å²) in [5.74, 6) is 0. The molecule has 80 valence electrons. The molecule has 0 spiro atoms. The Morgan fingerprint density at radius 1 is 0.765 bits per heavy atom. The molecule has 2 nitrogen and oxygen atoms in total. The van der Waals surface area contributed by atoms with Gasteiger partial charge in [0.15, 0.2) is 0 Å². The van der Waals surface area contributed by atoms with Crippen molar-refractivity contribution in [3.8, 4) is 0 Å². The monoisotopic (exact) mass is 218 g/mol. The highest BCUT2D eigenvalue weighted by atomic mass is 15.1. The van der Waals surface area contributed by atoms with E-state index >= 15 is 0 Å². The lowest BCUT2D eigenvalue weighted by Crippen LogP contribution is -1.78. The maximum atomic E-state index is 4.25. The van der Waals surface area contributed by atoms with E-state index < -0.39 is 0 Å². The summed E-state index contributed by atoms with van der Waals surface area (Å²) in [6, 6.07) is 17.0. The first-order valence-electron chi connectivity index (χ1n) is 5.67. The molecule has 4 aromatic rings. The van der Waals surface area contributed by atoms with E-state index in [1.54, 1.807) is 0 Å². The zero-order valence-corrected chi connectivity index (χ0v) is 9.14. The highest BCUT2D eigenvalue weighted by molar-refractivity contribution is 6.19. The van der Waals surface area contributed by atoms with Crippen LogP contribution in [0, 0.1) is 0 Å². The van der Waals surface area contributed by atoms with E-state index in [9.17, 15) is 0 Å². The smallest absolute Gasteiger partial charge is 0.0927 e. The predicted molar refractivity (Wildman–Crippen MR) is 71.1 cm³/mol. The van der Waals surface area contributed by atoms with Gasteiger partial charge in [0.2, 0.25) is 0 Å². The highest BCUT2D eigenvalue weighted by Crippen LogP contribution is 2.30. The molecule has 3 aromatic carbocycles. The molecule has 0 saturated carbocycles. The third kappa shape index (κ3) is 1.12. The second-order valence-corrected chi connectivity index (χ2v) is 4.27. The zero-order chi connectivity index (χ0) is 11.2. The van der Waals surface area contributed by atoms with Crippen molar-refractivity contribution < 1.29 is 0 Å². The van der Waals surface area contributed by atoms with Crippen molar-refractivity contribution in [1.82, 2.24) is 10.2 Å². The van der Waals surface area contributed by atoms with Gasteiger partial charge in [-0.1, -0.05) is 42.5 Å². The minimum atomic E-state index is 1.02. The van der Waals surface area contributed by atoms with Gasteiger partial charge < -0.3 is 0 Å². The van der Waals surface area contributed by atoms with Crippen molar-refractivity contribution in [1.29, 1.82) is 0 Å². The number of hydrogen-bond donors (Lipinski definition) is 1. The van der Waals surface area contributed by atoms with Crippen molar-refractivity contribution in [3.63, 3.8) is 0 Å². The highest BCUT2D eigenvalue weighted by Gasteiger charge is 2.05. The quantitative estimate of drug-likeness (QED) is 0.446. The Hall–Kier alpha value is -2.35. The first-order chi connectivity index (χ1) is 8.43. The van der Waals surface area contributed by atoms with Crippen LogP contribution in [0.25, 0.3) is 32.4 Å². The summed E-state index contributed by atoms with van der Waals surface area (Å²) in [5.41, 5.74) is 1.02. The van der Waals surface area contributed by atoms with Crippen LogP contribution in [0.4, 0.5) is 0 Å². The Morgan fingerprint density at radius 2 is 1.59 bits per heavy atom. The van der Waals surface area contributed by atoms with Gasteiger partial charge in [0.1, 0.15) is 0 Å². The van der Waals surface area contributed by atoms with Gasteiger partial charge in [-0.05, 0) is 22.2 Å². The Labute approximate surface area is 97.9 Å². The zero-order valence-electron chi connectivity index (χ0n) is 9.14. The maximum Gasteiger partial charge on any atom is 0.0927 e. The van der Waals surface area contributed by atoms with Crippen molar-refractivity contribution in [3.05, 3.63) is 54.7 Å². The van der Waals surface area contributed by atoms with Gasteiger partial charge in [-0.2, -0.15) is 5.10 Å². The lowest BCUT2D eigenvalue weighted by molar-refractivity contribution is 1.12. The Morgan fingerprint density at radius 3 is 2.59 bits per heavy atom. The molecule has 0 aliphatic rings. The summed E-state index contributed by atoms with van der Waals surface area (Å²) in [4.78, 5) is 0. The molecule has 0 saturated heterocycles. The summed E-state index contributed by atoms with van der Waals surface area (Å²) in [5, 5.41) is 13.5. The molecular formula is C15H10N2. The van der Waals surface area contributed by atoms with Crippen LogP contribution in [0.15, 0.2) is 54.7 Å². The van der Waals surface area contributed by atoms with E-state index in [2.05, 4.69) is 58.7 Å². The van der Waals surface area contributed by atoms with E-state index in [0.29, 0.717) is 0 Å². The lowest BCUT2D eigenvalue weighted by Gasteiger charge is -2.04. The molecule has 0 radical (unpaired) electrons. The van der Waals surface area contributed by atoms with Gasteiger partial charge in [0.05, 0.1) is 5.52 Å². The minimum absolute atomic E-state index is 1.02. The fourth-order valence-electron chi connectivity index (χ4n) is 2.52. The second-order valence-electron chi connectivity index (χ2n) is 4.27. The molecule has 2 heteroatoms. The van der Waals surface area contributed by atoms with Crippen LogP contribution in [-0.4, -0.2) is 10.2 Å². The fraction of sp³-hybridized carbons (Fsp3) is 0. The summed E-state index contributed by atoms with van der Waals surface area (Å²) in [6.07, 6.45) is 1.98. The number of fused-ring (bicyclic) bond motifs is 5. The number of hydrogen-bond acceptors (Lipinski definition) is 1. The van der Waals surface area contributed by atoms with Gasteiger partial charge in [-0.3, -0.25) is 5.10 Å². The molecule has 1 N–H and O–H groups in total. The number of aromatic amines is 1. The average molecular weight is 218 g/mol. The topological polar surface area (TPSA) is 28.7 Å². The molecule has 4 rings (SSSR count). The molecule has 0 fully saturated rings. The molecule has 1 heterocycles. The van der Waals surface area contributed by atoms with Crippen LogP contribution in [0.2, 0.25) is 0 Å². The van der Waals surface area contributed by atoms with Gasteiger partial charge in [-0.25, -0.2) is 0 Å². The van der Waals surface area contributed by atoms with Crippen LogP contribution in [0.5, 0.6) is 0 Å². The van der Waals surface area contributed by atoms with Crippen LogP contribution in [0.1, 0.15) is 0 Å². The largest absolute Gasteiger partial charge is 0.284 e. The number of aromatic nitrogens is 2. The first kappa shape index (κ1) is 8.76. The van der Waals surface area contributed by atoms with Crippen LogP contribution < -0.4 is 0 Å². The van der Waals surface area contributed by atoms with E-state index in [1.807, 2.05) is 6.20 Å². The van der Waals surface area contributed by atoms with E-state index in [1.165, 1.54) is 26.9 Å². The van der Waals surface area contributed by atoms with E-state index in [-0.39, 0.29) is 0 Å². The molecule has 0 aliphatic heterocycles. The molecular weight excluding hydrogens is 208 g/mol. The molecule has 0 aliphatic carbocycles. The van der Waals surface area contributed by atoms with E-state index in [4.69, 9.17) is 0 Å². The molecule has 0 bridgehead atoms. The molecule has 0 unspecified atom stereocenters. The second kappa shape index (κ2) is 3.08. The predicted octanol–water partition coefficient (Wildman–Crippen LogP) is 3.87. The number of rotatable bonds is 0. The maximum absolute atomic E-state index is 4.25. The Kier molecular flexibility index (Phi) is 1.59. The Balaban J connectivity index is 2.41. The van der Waals surface area contributed by atoms with Crippen molar-refractivity contribution in [2.24, 2.45) is 0 Å². The van der Waals surface area contributed by atoms with Gasteiger partial charge >= 0.3 is 0 Å². The van der Waals surface area contributed by atoms with Gasteiger partial charge in [0.25, 0.3) is 0 Å². The minimum Gasteiger partial charge on any atom is -0.284 e. The summed E-state index contributed by atoms with van der Waals surface area (Å²) < 4.78 is 0. The molecule has 17 heavy (non-hydrogen) atoms. The standard InChI is InChI=1S/C15H10N2/c1-2-4-12-10(3-1)5-6-11-7-8-14-13(15(11)12)9-16-17-14/h1-9H,(H,16,17). The number of benzene rings is 3.